The first kappa shape index (κ1) is 21.2. The van der Waals surface area contributed by atoms with Crippen LogP contribution in [0.4, 0.5) is 11.4 Å². The maximum Gasteiger partial charge on any atom is 0.259 e. The monoisotopic (exact) mass is 413 g/mol. The van der Waals surface area contributed by atoms with Crippen LogP contribution in [0.3, 0.4) is 0 Å². The molecule has 1 aromatic carbocycles. The number of imidazole rings is 1. The highest BCUT2D eigenvalue weighted by atomic mass is 35.5. The Morgan fingerprint density at radius 2 is 2.11 bits per heavy atom. The van der Waals surface area contributed by atoms with Crippen LogP contribution in [0.5, 0.6) is 0 Å². The van der Waals surface area contributed by atoms with Gasteiger partial charge in [-0.05, 0) is 37.5 Å². The van der Waals surface area contributed by atoms with Crippen molar-refractivity contribution >= 4 is 39.7 Å². The zero-order valence-electron chi connectivity index (χ0n) is 15.3. The van der Waals surface area contributed by atoms with E-state index in [0.29, 0.717) is 18.1 Å². The Bertz CT molecular complexity index is 923. The van der Waals surface area contributed by atoms with E-state index in [1.165, 1.54) is 6.20 Å². The second kappa shape index (κ2) is 8.28. The summed E-state index contributed by atoms with van der Waals surface area (Å²) in [7, 11) is -2.00. The summed E-state index contributed by atoms with van der Waals surface area (Å²) in [6.07, 6.45) is 3.20. The Kier molecular flexibility index (Phi) is 6.50. The molecule has 1 aromatic heterocycles. The van der Waals surface area contributed by atoms with Gasteiger partial charge < -0.3 is 15.2 Å². The molecule has 2 heterocycles. The van der Waals surface area contributed by atoms with E-state index in [2.05, 4.69) is 9.71 Å². The highest BCUT2D eigenvalue weighted by Crippen LogP contribution is 2.31. The number of amides is 1. The highest BCUT2D eigenvalue weighted by Gasteiger charge is 2.24. The van der Waals surface area contributed by atoms with Gasteiger partial charge in [0.2, 0.25) is 5.91 Å². The molecular formula is C17H24ClN5O3S. The van der Waals surface area contributed by atoms with Crippen molar-refractivity contribution in [2.75, 3.05) is 23.7 Å². The average molecular weight is 414 g/mol. The molecule has 0 radical (unpaired) electrons. The first-order valence-electron chi connectivity index (χ1n) is 8.47. The first-order chi connectivity index (χ1) is 12.3. The van der Waals surface area contributed by atoms with Crippen molar-refractivity contribution in [2.24, 2.45) is 7.05 Å². The predicted molar refractivity (Wildman–Crippen MR) is 107 cm³/mol. The molecule has 0 saturated heterocycles. The standard InChI is InChI=1S/C17H23N5O3S.ClH/c1-12-20-16(11-21(12)2)26(24,25)19-9-8-17(23)22-10-4-5-13-14(18)6-3-7-15(13)22;/h3,6-7,11,19H,4-5,8-10,18H2,1-2H3;1H. The smallest absolute Gasteiger partial charge is 0.259 e. The van der Waals surface area contributed by atoms with Crippen LogP contribution in [0.2, 0.25) is 0 Å². The van der Waals surface area contributed by atoms with Gasteiger partial charge in [0.15, 0.2) is 5.03 Å². The van der Waals surface area contributed by atoms with Crippen LogP contribution in [-0.4, -0.2) is 37.0 Å². The number of carbonyl (C=O) groups excluding carboxylic acids is 1. The third-order valence-electron chi connectivity index (χ3n) is 4.58. The van der Waals surface area contributed by atoms with Gasteiger partial charge in [0, 0.05) is 44.1 Å². The summed E-state index contributed by atoms with van der Waals surface area (Å²) in [5.74, 6) is 0.473. The quantitative estimate of drug-likeness (QED) is 0.719. The van der Waals surface area contributed by atoms with E-state index in [4.69, 9.17) is 5.73 Å². The zero-order chi connectivity index (χ0) is 18.9. The molecule has 0 atom stereocenters. The maximum atomic E-state index is 12.6. The third kappa shape index (κ3) is 4.42. The minimum absolute atomic E-state index is 0. The Hall–Kier alpha value is -2.10. The lowest BCUT2D eigenvalue weighted by atomic mass is 9.99. The lowest BCUT2D eigenvalue weighted by Crippen LogP contribution is -2.38. The van der Waals surface area contributed by atoms with E-state index in [0.717, 1.165) is 24.1 Å². The van der Waals surface area contributed by atoms with Gasteiger partial charge in [-0.3, -0.25) is 4.79 Å². The number of nitrogens with two attached hydrogens (primary N) is 1. The van der Waals surface area contributed by atoms with Gasteiger partial charge in [-0.25, -0.2) is 18.1 Å². The first-order valence-corrected chi connectivity index (χ1v) is 9.95. The zero-order valence-corrected chi connectivity index (χ0v) is 16.9. The normalized spacial score (nSPS) is 13.8. The van der Waals surface area contributed by atoms with Crippen LogP contribution in [-0.2, 0) is 28.3 Å². The molecule has 27 heavy (non-hydrogen) atoms. The number of hydrogen-bond donors (Lipinski definition) is 2. The number of hydrogen-bond acceptors (Lipinski definition) is 5. The van der Waals surface area contributed by atoms with Gasteiger partial charge in [-0.1, -0.05) is 6.07 Å². The Labute approximate surface area is 165 Å². The van der Waals surface area contributed by atoms with E-state index in [9.17, 15) is 13.2 Å². The summed E-state index contributed by atoms with van der Waals surface area (Å²) < 4.78 is 28.6. The Morgan fingerprint density at radius 1 is 1.37 bits per heavy atom. The molecule has 1 aliphatic heterocycles. The lowest BCUT2D eigenvalue weighted by molar-refractivity contribution is -0.118. The summed E-state index contributed by atoms with van der Waals surface area (Å²) in [6.45, 7) is 2.36. The fourth-order valence-corrected chi connectivity index (χ4v) is 4.14. The number of nitrogens with one attached hydrogen (secondary N) is 1. The van der Waals surface area contributed by atoms with Gasteiger partial charge in [0.1, 0.15) is 5.82 Å². The number of nitrogens with zero attached hydrogens (tertiary/aromatic N) is 3. The second-order valence-electron chi connectivity index (χ2n) is 6.38. The number of anilines is 2. The molecule has 3 rings (SSSR count). The van der Waals surface area contributed by atoms with Gasteiger partial charge in [-0.15, -0.1) is 12.4 Å². The van der Waals surface area contributed by atoms with Gasteiger partial charge in [0.05, 0.1) is 0 Å². The fourth-order valence-electron chi connectivity index (χ4n) is 3.07. The van der Waals surface area contributed by atoms with Crippen LogP contribution in [0, 0.1) is 6.92 Å². The van der Waals surface area contributed by atoms with Crippen molar-refractivity contribution in [1.29, 1.82) is 0 Å². The number of nitrogen functional groups attached to an aromatic ring is 1. The van der Waals surface area contributed by atoms with Gasteiger partial charge >= 0.3 is 0 Å². The summed E-state index contributed by atoms with van der Waals surface area (Å²) in [6, 6.07) is 5.53. The number of carbonyl (C=O) groups is 1. The van der Waals surface area contributed by atoms with Crippen molar-refractivity contribution in [3.8, 4) is 0 Å². The van der Waals surface area contributed by atoms with E-state index >= 15 is 0 Å². The van der Waals surface area contributed by atoms with Crippen molar-refractivity contribution in [3.05, 3.63) is 35.8 Å². The summed E-state index contributed by atoms with van der Waals surface area (Å²) in [5, 5.41) is -0.0407. The molecule has 0 spiro atoms. The minimum atomic E-state index is -3.73. The number of benzene rings is 1. The molecule has 0 fully saturated rings. The second-order valence-corrected chi connectivity index (χ2v) is 8.09. The molecule has 10 heteroatoms. The van der Waals surface area contributed by atoms with Crippen LogP contribution in [0.25, 0.3) is 0 Å². The average Bonchev–Trinajstić information content (AvgIpc) is 2.94. The maximum absolute atomic E-state index is 12.6. The van der Waals surface area contributed by atoms with E-state index in [-0.39, 0.29) is 36.3 Å². The predicted octanol–water partition coefficient (Wildman–Crippen LogP) is 1.38. The van der Waals surface area contributed by atoms with Crippen molar-refractivity contribution in [2.45, 2.75) is 31.2 Å². The molecule has 3 N–H and O–H groups in total. The largest absolute Gasteiger partial charge is 0.398 e. The highest BCUT2D eigenvalue weighted by molar-refractivity contribution is 7.89. The molecule has 0 saturated carbocycles. The SMILES string of the molecule is Cc1nc(S(=O)(=O)NCCC(=O)N2CCCc3c(N)cccc32)cn1C.Cl. The Morgan fingerprint density at radius 3 is 2.78 bits per heavy atom. The number of sulfonamides is 1. The van der Waals surface area contributed by atoms with Crippen LogP contribution in [0.15, 0.2) is 29.4 Å². The third-order valence-corrected chi connectivity index (χ3v) is 5.91. The van der Waals surface area contributed by atoms with Gasteiger partial charge in [0.25, 0.3) is 10.0 Å². The van der Waals surface area contributed by atoms with Crippen molar-refractivity contribution in [1.82, 2.24) is 14.3 Å². The van der Waals surface area contributed by atoms with E-state index in [1.807, 2.05) is 18.2 Å². The molecule has 2 aromatic rings. The van der Waals surface area contributed by atoms with E-state index < -0.39 is 10.0 Å². The minimum Gasteiger partial charge on any atom is -0.398 e. The molecule has 148 valence electrons. The van der Waals surface area contributed by atoms with E-state index in [1.54, 1.807) is 23.4 Å². The van der Waals surface area contributed by atoms with Gasteiger partial charge in [-0.2, -0.15) is 0 Å². The topological polar surface area (TPSA) is 110 Å². The summed E-state index contributed by atoms with van der Waals surface area (Å²) in [4.78, 5) is 18.3. The lowest BCUT2D eigenvalue weighted by Gasteiger charge is -2.30. The number of rotatable bonds is 5. The number of halogens is 1. The van der Waals surface area contributed by atoms with Crippen LogP contribution >= 0.6 is 12.4 Å². The van der Waals surface area contributed by atoms with Crippen LogP contribution < -0.4 is 15.4 Å². The molecule has 0 aliphatic carbocycles. The van der Waals surface area contributed by atoms with Crippen molar-refractivity contribution < 1.29 is 13.2 Å². The molecule has 0 unspecified atom stereocenters. The fraction of sp³-hybridized carbons (Fsp3) is 0.412. The summed E-state index contributed by atoms with van der Waals surface area (Å²) >= 11 is 0. The Balaban J connectivity index is 0.00000261. The van der Waals surface area contributed by atoms with Crippen molar-refractivity contribution in [3.63, 3.8) is 0 Å². The molecule has 0 bridgehead atoms. The number of fused-ring (bicyclic) bond motifs is 1. The molecule has 1 aliphatic rings. The number of aryl methyl sites for hydroxylation is 2. The summed E-state index contributed by atoms with van der Waals surface area (Å²) in [5.41, 5.74) is 8.49. The molecule has 1 amide bonds. The van der Waals surface area contributed by atoms with Crippen LogP contribution in [0.1, 0.15) is 24.2 Å². The molecular weight excluding hydrogens is 390 g/mol. The number of aromatic nitrogens is 2. The molecule has 8 nitrogen and oxygen atoms in total.